The normalized spacial score (nSPS) is 27.1. The van der Waals surface area contributed by atoms with E-state index >= 15 is 0 Å². The molecule has 1 fully saturated rings. The SMILES string of the molecule is CCC(C)N1C(CCN)C(=O)N(C)CCC1(C)C. The van der Waals surface area contributed by atoms with Crippen molar-refractivity contribution in [2.75, 3.05) is 20.1 Å². The van der Waals surface area contributed by atoms with Gasteiger partial charge in [0.2, 0.25) is 5.91 Å². The Labute approximate surface area is 111 Å². The molecule has 0 bridgehead atoms. The Bertz CT molecular complexity index is 291. The Morgan fingerprint density at radius 1 is 1.50 bits per heavy atom. The molecule has 4 nitrogen and oxygen atoms in total. The van der Waals surface area contributed by atoms with Crippen LogP contribution in [0.2, 0.25) is 0 Å². The molecule has 4 heteroatoms. The molecule has 1 aliphatic heterocycles. The number of nitrogens with zero attached hydrogens (tertiary/aromatic N) is 2. The van der Waals surface area contributed by atoms with Crippen molar-refractivity contribution in [3.63, 3.8) is 0 Å². The van der Waals surface area contributed by atoms with E-state index in [1.165, 1.54) is 0 Å². The van der Waals surface area contributed by atoms with Gasteiger partial charge in [-0.2, -0.15) is 0 Å². The van der Waals surface area contributed by atoms with Crippen molar-refractivity contribution in [2.45, 2.75) is 64.6 Å². The molecule has 0 aromatic rings. The first-order valence-corrected chi connectivity index (χ1v) is 7.08. The Morgan fingerprint density at radius 2 is 2.11 bits per heavy atom. The topological polar surface area (TPSA) is 49.6 Å². The lowest BCUT2D eigenvalue weighted by atomic mass is 9.93. The van der Waals surface area contributed by atoms with E-state index in [2.05, 4.69) is 32.6 Å². The molecule has 0 aromatic carbocycles. The van der Waals surface area contributed by atoms with Gasteiger partial charge in [-0.15, -0.1) is 0 Å². The number of carbonyl (C=O) groups excluding carboxylic acids is 1. The van der Waals surface area contributed by atoms with Crippen molar-refractivity contribution in [1.29, 1.82) is 0 Å². The summed E-state index contributed by atoms with van der Waals surface area (Å²) in [6, 6.07) is 0.347. The molecule has 2 unspecified atom stereocenters. The highest BCUT2D eigenvalue weighted by Gasteiger charge is 2.42. The highest BCUT2D eigenvalue weighted by atomic mass is 16.2. The quantitative estimate of drug-likeness (QED) is 0.827. The summed E-state index contributed by atoms with van der Waals surface area (Å²) in [6.45, 7) is 10.3. The molecule has 0 saturated carbocycles. The standard InChI is InChI=1S/C14H29N3O/c1-6-11(2)17-12(7-9-15)13(18)16(5)10-8-14(17,3)4/h11-12H,6-10,15H2,1-5H3. The minimum atomic E-state index is -0.0625. The molecule has 106 valence electrons. The zero-order valence-corrected chi connectivity index (χ0v) is 12.6. The van der Waals surface area contributed by atoms with Crippen LogP contribution in [0.25, 0.3) is 0 Å². The third-order valence-corrected chi connectivity index (χ3v) is 4.26. The van der Waals surface area contributed by atoms with Crippen LogP contribution in [0.4, 0.5) is 0 Å². The second-order valence-corrected chi connectivity index (χ2v) is 6.08. The van der Waals surface area contributed by atoms with E-state index in [0.29, 0.717) is 12.6 Å². The number of amides is 1. The summed E-state index contributed by atoms with van der Waals surface area (Å²) in [6.07, 6.45) is 2.82. The van der Waals surface area contributed by atoms with Gasteiger partial charge in [0, 0.05) is 25.2 Å². The average Bonchev–Trinajstić information content (AvgIpc) is 2.40. The van der Waals surface area contributed by atoms with Gasteiger partial charge in [-0.1, -0.05) is 6.92 Å². The zero-order valence-electron chi connectivity index (χ0n) is 12.6. The van der Waals surface area contributed by atoms with E-state index in [1.807, 2.05) is 11.9 Å². The van der Waals surface area contributed by atoms with Gasteiger partial charge in [-0.25, -0.2) is 0 Å². The number of carbonyl (C=O) groups is 1. The van der Waals surface area contributed by atoms with E-state index < -0.39 is 0 Å². The lowest BCUT2D eigenvalue weighted by Crippen LogP contribution is -2.56. The van der Waals surface area contributed by atoms with E-state index in [-0.39, 0.29) is 17.5 Å². The van der Waals surface area contributed by atoms with E-state index in [4.69, 9.17) is 5.73 Å². The maximum absolute atomic E-state index is 12.5. The van der Waals surface area contributed by atoms with Crippen LogP contribution in [0.5, 0.6) is 0 Å². The number of rotatable bonds is 4. The Hall–Kier alpha value is -0.610. The van der Waals surface area contributed by atoms with E-state index in [9.17, 15) is 4.79 Å². The summed E-state index contributed by atoms with van der Waals surface area (Å²) >= 11 is 0. The second-order valence-electron chi connectivity index (χ2n) is 6.08. The van der Waals surface area contributed by atoms with Gasteiger partial charge >= 0.3 is 0 Å². The minimum Gasteiger partial charge on any atom is -0.344 e. The van der Waals surface area contributed by atoms with Gasteiger partial charge < -0.3 is 10.6 Å². The van der Waals surface area contributed by atoms with E-state index in [1.54, 1.807) is 0 Å². The van der Waals surface area contributed by atoms with Gasteiger partial charge in [0.1, 0.15) is 0 Å². The van der Waals surface area contributed by atoms with Crippen LogP contribution in [-0.4, -0.2) is 53.5 Å². The van der Waals surface area contributed by atoms with Crippen molar-refractivity contribution in [3.8, 4) is 0 Å². The number of likely N-dealkylation sites (N-methyl/N-ethyl adjacent to an activating group) is 1. The maximum Gasteiger partial charge on any atom is 0.239 e. The fourth-order valence-electron chi connectivity index (χ4n) is 3.00. The summed E-state index contributed by atoms with van der Waals surface area (Å²) < 4.78 is 0. The molecular formula is C14H29N3O. The van der Waals surface area contributed by atoms with Gasteiger partial charge in [0.15, 0.2) is 0 Å². The molecule has 1 saturated heterocycles. The Kier molecular flexibility index (Phi) is 5.17. The van der Waals surface area contributed by atoms with Crippen molar-refractivity contribution in [1.82, 2.24) is 9.80 Å². The number of hydrogen-bond donors (Lipinski definition) is 1. The van der Waals surface area contributed by atoms with Crippen molar-refractivity contribution < 1.29 is 4.79 Å². The van der Waals surface area contributed by atoms with Crippen LogP contribution in [0.3, 0.4) is 0 Å². The van der Waals surface area contributed by atoms with Gasteiger partial charge in [0.25, 0.3) is 0 Å². The van der Waals surface area contributed by atoms with Gasteiger partial charge in [0.05, 0.1) is 6.04 Å². The molecule has 0 radical (unpaired) electrons. The maximum atomic E-state index is 12.5. The molecule has 1 heterocycles. The molecule has 1 amide bonds. The molecule has 0 spiro atoms. The van der Waals surface area contributed by atoms with E-state index in [0.717, 1.165) is 25.8 Å². The third kappa shape index (κ3) is 3.04. The smallest absolute Gasteiger partial charge is 0.239 e. The fourth-order valence-corrected chi connectivity index (χ4v) is 3.00. The first kappa shape index (κ1) is 15.4. The zero-order chi connectivity index (χ0) is 13.9. The van der Waals surface area contributed by atoms with Crippen LogP contribution >= 0.6 is 0 Å². The molecule has 18 heavy (non-hydrogen) atoms. The first-order chi connectivity index (χ1) is 8.35. The van der Waals surface area contributed by atoms with Crippen molar-refractivity contribution >= 4 is 5.91 Å². The summed E-state index contributed by atoms with van der Waals surface area (Å²) in [7, 11) is 1.90. The summed E-state index contributed by atoms with van der Waals surface area (Å²) in [5.74, 6) is 0.228. The van der Waals surface area contributed by atoms with Crippen LogP contribution in [0.1, 0.15) is 47.0 Å². The van der Waals surface area contributed by atoms with Gasteiger partial charge in [-0.3, -0.25) is 9.69 Å². The number of nitrogens with two attached hydrogens (primary N) is 1. The predicted molar refractivity (Wildman–Crippen MR) is 75.4 cm³/mol. The molecule has 0 aromatic heterocycles. The van der Waals surface area contributed by atoms with Crippen LogP contribution < -0.4 is 5.73 Å². The summed E-state index contributed by atoms with van der Waals surface area (Å²) in [5.41, 5.74) is 5.76. The van der Waals surface area contributed by atoms with Gasteiger partial charge in [-0.05, 0) is 46.6 Å². The highest BCUT2D eigenvalue weighted by Crippen LogP contribution is 2.30. The van der Waals surface area contributed by atoms with Crippen LogP contribution in [-0.2, 0) is 4.79 Å². The largest absolute Gasteiger partial charge is 0.344 e. The lowest BCUT2D eigenvalue weighted by Gasteiger charge is -2.44. The molecule has 1 rings (SSSR count). The van der Waals surface area contributed by atoms with Crippen molar-refractivity contribution in [2.24, 2.45) is 5.73 Å². The Morgan fingerprint density at radius 3 is 2.61 bits per heavy atom. The summed E-state index contributed by atoms with van der Waals surface area (Å²) in [5, 5.41) is 0. The van der Waals surface area contributed by atoms with Crippen molar-refractivity contribution in [3.05, 3.63) is 0 Å². The van der Waals surface area contributed by atoms with Crippen LogP contribution in [0, 0.1) is 0 Å². The number of hydrogen-bond acceptors (Lipinski definition) is 3. The molecule has 1 aliphatic rings. The first-order valence-electron chi connectivity index (χ1n) is 7.08. The highest BCUT2D eigenvalue weighted by molar-refractivity contribution is 5.82. The molecule has 2 N–H and O–H groups in total. The Balaban J connectivity index is 3.10. The minimum absolute atomic E-state index is 0.0513. The lowest BCUT2D eigenvalue weighted by molar-refractivity contribution is -0.136. The molecule has 0 aliphatic carbocycles. The molecular weight excluding hydrogens is 226 g/mol. The third-order valence-electron chi connectivity index (χ3n) is 4.26. The monoisotopic (exact) mass is 255 g/mol. The second kappa shape index (κ2) is 6.02. The summed E-state index contributed by atoms with van der Waals surface area (Å²) in [4.78, 5) is 16.7. The predicted octanol–water partition coefficient (Wildman–Crippen LogP) is 1.45. The van der Waals surface area contributed by atoms with Crippen LogP contribution in [0.15, 0.2) is 0 Å². The average molecular weight is 255 g/mol. The molecule has 2 atom stereocenters. The fraction of sp³-hybridized carbons (Fsp3) is 0.929.